The number of amides is 4. The van der Waals surface area contributed by atoms with Crippen LogP contribution in [-0.2, 0) is 11.2 Å². The van der Waals surface area contributed by atoms with Crippen LogP contribution in [0.5, 0.6) is 0 Å². The molecule has 0 unspecified atom stereocenters. The van der Waals surface area contributed by atoms with Crippen LogP contribution in [-0.4, -0.2) is 63.1 Å². The van der Waals surface area contributed by atoms with E-state index < -0.39 is 23.9 Å². The lowest BCUT2D eigenvalue weighted by molar-refractivity contribution is -0.122. The minimum absolute atomic E-state index is 0.00443. The van der Waals surface area contributed by atoms with Gasteiger partial charge in [-0.15, -0.1) is 22.7 Å². The molecule has 3 aromatic heterocycles. The van der Waals surface area contributed by atoms with Crippen molar-refractivity contribution in [1.82, 2.24) is 35.8 Å². The summed E-state index contributed by atoms with van der Waals surface area (Å²) in [7, 11) is 0. The van der Waals surface area contributed by atoms with Gasteiger partial charge >= 0.3 is 0 Å². The average molecular weight is 636 g/mol. The number of rotatable bonds is 4. The van der Waals surface area contributed by atoms with E-state index in [1.807, 2.05) is 44.2 Å². The predicted octanol–water partition coefficient (Wildman–Crippen LogP) is 3.70. The highest BCUT2D eigenvalue weighted by molar-refractivity contribution is 7.10. The van der Waals surface area contributed by atoms with E-state index in [1.165, 1.54) is 34.0 Å². The second-order valence-corrected chi connectivity index (χ2v) is 12.5. The first kappa shape index (κ1) is 31.0. The van der Waals surface area contributed by atoms with Crippen LogP contribution in [0.1, 0.15) is 85.2 Å². The molecule has 1 aromatic carbocycles. The summed E-state index contributed by atoms with van der Waals surface area (Å²) in [6.45, 7) is 5.73. The molecule has 1 aliphatic rings. The summed E-state index contributed by atoms with van der Waals surface area (Å²) < 4.78 is 5.22. The lowest BCUT2D eigenvalue weighted by atomic mass is 10.0. The van der Waals surface area contributed by atoms with Crippen molar-refractivity contribution in [2.45, 2.75) is 45.7 Å². The minimum atomic E-state index is -0.550. The van der Waals surface area contributed by atoms with E-state index in [9.17, 15) is 19.2 Å². The third-order valence-electron chi connectivity index (χ3n) is 7.10. The van der Waals surface area contributed by atoms with Gasteiger partial charge in [-0.3, -0.25) is 19.2 Å². The number of hydrogen-bond acceptors (Lipinski definition) is 10. The van der Waals surface area contributed by atoms with Crippen LogP contribution in [0.2, 0.25) is 0 Å². The van der Waals surface area contributed by atoms with Crippen molar-refractivity contribution >= 4 is 46.3 Å². The zero-order valence-electron chi connectivity index (χ0n) is 24.5. The Kier molecular flexibility index (Phi) is 9.80. The Bertz CT molecular complexity index is 1630. The summed E-state index contributed by atoms with van der Waals surface area (Å²) in [6, 6.07) is 8.66. The Hall–Kier alpha value is -4.43. The van der Waals surface area contributed by atoms with Crippen LogP contribution < -0.4 is 16.0 Å². The van der Waals surface area contributed by atoms with Crippen LogP contribution in [0.3, 0.4) is 0 Å². The first-order valence-electron chi connectivity index (χ1n) is 14.2. The zero-order chi connectivity index (χ0) is 31.2. The molecule has 0 saturated heterocycles. The number of nitrogens with zero attached hydrogens (tertiary/aromatic N) is 4. The summed E-state index contributed by atoms with van der Waals surface area (Å²) in [5.41, 5.74) is 1.55. The number of carbonyl (C=O) groups is 4. The van der Waals surface area contributed by atoms with Gasteiger partial charge in [0.05, 0.1) is 18.6 Å². The summed E-state index contributed by atoms with van der Waals surface area (Å²) in [4.78, 5) is 67.6. The third kappa shape index (κ3) is 7.37. The lowest BCUT2D eigenvalue weighted by Gasteiger charge is -2.23. The molecule has 2 atom stereocenters. The van der Waals surface area contributed by atoms with Crippen molar-refractivity contribution in [1.29, 1.82) is 0 Å². The number of hydrogen-bond donors (Lipinski definition) is 3. The summed E-state index contributed by atoms with van der Waals surface area (Å²) in [5.74, 6) is -1.27. The second kappa shape index (κ2) is 13.9. The lowest BCUT2D eigenvalue weighted by Crippen LogP contribution is -2.43. The Morgan fingerprint density at radius 1 is 1.02 bits per heavy atom. The van der Waals surface area contributed by atoms with Gasteiger partial charge in [0.2, 0.25) is 5.91 Å². The van der Waals surface area contributed by atoms with Crippen molar-refractivity contribution in [2.75, 3.05) is 19.6 Å². The molecule has 12 nitrogen and oxygen atoms in total. The Labute approximate surface area is 262 Å². The van der Waals surface area contributed by atoms with Gasteiger partial charge in [-0.05, 0) is 31.2 Å². The fourth-order valence-electron chi connectivity index (χ4n) is 4.75. The van der Waals surface area contributed by atoms with Crippen LogP contribution in [0.4, 0.5) is 0 Å². The van der Waals surface area contributed by atoms with Crippen LogP contribution >= 0.6 is 22.7 Å². The van der Waals surface area contributed by atoms with Crippen molar-refractivity contribution in [3.8, 4) is 0 Å². The van der Waals surface area contributed by atoms with E-state index in [-0.39, 0.29) is 54.4 Å². The number of nitrogens with one attached hydrogen (secondary N) is 3. The number of fused-ring (bicyclic) bond motifs is 4. The monoisotopic (exact) mass is 635 g/mol. The molecule has 4 bridgehead atoms. The number of carbonyl (C=O) groups excluding carboxylic acids is 4. The van der Waals surface area contributed by atoms with E-state index in [4.69, 9.17) is 4.42 Å². The van der Waals surface area contributed by atoms with Gasteiger partial charge in [0.15, 0.2) is 12.1 Å². The quantitative estimate of drug-likeness (QED) is 0.306. The molecule has 5 rings (SSSR count). The molecule has 3 N–H and O–H groups in total. The van der Waals surface area contributed by atoms with E-state index in [0.717, 1.165) is 5.56 Å². The summed E-state index contributed by atoms with van der Waals surface area (Å²) in [6.07, 6.45) is 2.00. The largest absolute Gasteiger partial charge is 0.448 e. The van der Waals surface area contributed by atoms with Crippen molar-refractivity contribution in [3.05, 3.63) is 85.9 Å². The van der Waals surface area contributed by atoms with Crippen molar-refractivity contribution in [2.24, 2.45) is 5.92 Å². The van der Waals surface area contributed by atoms with Gasteiger partial charge in [-0.2, -0.15) is 0 Å². The molecule has 0 radical (unpaired) electrons. The highest BCUT2D eigenvalue weighted by Crippen LogP contribution is 2.27. The molecule has 0 spiro atoms. The Balaban J connectivity index is 1.47. The zero-order valence-corrected chi connectivity index (χ0v) is 26.2. The maximum Gasteiger partial charge on any atom is 0.276 e. The first-order chi connectivity index (χ1) is 21.2. The maximum atomic E-state index is 13.5. The van der Waals surface area contributed by atoms with Gasteiger partial charge in [0.25, 0.3) is 17.7 Å². The van der Waals surface area contributed by atoms with E-state index in [1.54, 1.807) is 17.7 Å². The first-order valence-corrected chi connectivity index (χ1v) is 16.0. The molecular formula is C30H33N7O5S2. The van der Waals surface area contributed by atoms with Gasteiger partial charge in [-0.25, -0.2) is 15.0 Å². The molecule has 0 saturated carbocycles. The van der Waals surface area contributed by atoms with E-state index in [0.29, 0.717) is 28.6 Å². The van der Waals surface area contributed by atoms with Crippen molar-refractivity contribution in [3.63, 3.8) is 0 Å². The standard InChI is InChI=1S/C30H33N7O5S2/c1-17(2)24-29-35-21(14-44-29)26(39)31-10-7-11-37(30(41)25-18(3)42-16-32-25)13-23(38)33-20(12-19-8-5-4-6-9-19)28-34-22(15-43-28)27(40)36-24/h4-6,8-9,14-17,20,24H,7,10-13H2,1-3H3,(H,31,39)(H,33,38)(H,36,40)/t20-,24-/m0/s1. The van der Waals surface area contributed by atoms with Crippen LogP contribution in [0.15, 0.2) is 51.9 Å². The van der Waals surface area contributed by atoms with Crippen LogP contribution in [0, 0.1) is 12.8 Å². The number of aryl methyl sites for hydroxylation is 1. The number of thiazole rings is 2. The molecule has 230 valence electrons. The summed E-state index contributed by atoms with van der Waals surface area (Å²) >= 11 is 2.58. The third-order valence-corrected chi connectivity index (χ3v) is 8.99. The molecule has 44 heavy (non-hydrogen) atoms. The fraction of sp³-hybridized carbons (Fsp3) is 0.367. The Morgan fingerprint density at radius 2 is 1.73 bits per heavy atom. The van der Waals surface area contributed by atoms with Gasteiger partial charge in [0, 0.05) is 23.8 Å². The van der Waals surface area contributed by atoms with E-state index in [2.05, 4.69) is 30.9 Å². The Morgan fingerprint density at radius 3 is 2.43 bits per heavy atom. The highest BCUT2D eigenvalue weighted by atomic mass is 32.1. The molecule has 4 aromatic rings. The van der Waals surface area contributed by atoms with E-state index >= 15 is 0 Å². The molecule has 0 fully saturated rings. The summed E-state index contributed by atoms with van der Waals surface area (Å²) in [5, 5.41) is 13.4. The fourth-order valence-corrected chi connectivity index (χ4v) is 6.62. The molecular weight excluding hydrogens is 603 g/mol. The van der Waals surface area contributed by atoms with Gasteiger partial charge in [0.1, 0.15) is 27.2 Å². The smallest absolute Gasteiger partial charge is 0.276 e. The second-order valence-electron chi connectivity index (χ2n) is 10.7. The van der Waals surface area contributed by atoms with Gasteiger partial charge < -0.3 is 25.3 Å². The maximum absolute atomic E-state index is 13.5. The number of benzene rings is 1. The molecule has 14 heteroatoms. The number of aromatic nitrogens is 3. The van der Waals surface area contributed by atoms with Crippen molar-refractivity contribution < 1.29 is 23.6 Å². The molecule has 4 heterocycles. The topological polar surface area (TPSA) is 159 Å². The molecule has 4 amide bonds. The predicted molar refractivity (Wildman–Crippen MR) is 164 cm³/mol. The SMILES string of the molecule is Cc1ocnc1C(=O)N1CCCNC(=O)c2csc(n2)[C@H](C(C)C)NC(=O)c2csc(n2)[C@H](Cc2ccccc2)NC(=O)C1. The highest BCUT2D eigenvalue weighted by Gasteiger charge is 2.28. The minimum Gasteiger partial charge on any atom is -0.448 e. The molecule has 0 aliphatic carbocycles. The number of oxazole rings is 1. The average Bonchev–Trinajstić information content (AvgIpc) is 3.78. The van der Waals surface area contributed by atoms with Gasteiger partial charge in [-0.1, -0.05) is 44.2 Å². The molecule has 1 aliphatic heterocycles. The van der Waals surface area contributed by atoms with Crippen LogP contribution in [0.25, 0.3) is 0 Å². The normalized spacial score (nSPS) is 18.5.